The molecule has 0 unspecified atom stereocenters. The number of nitro groups is 1. The zero-order valence-electron chi connectivity index (χ0n) is 13.0. The van der Waals surface area contributed by atoms with Crippen molar-refractivity contribution < 1.29 is 23.0 Å². The molecule has 0 aromatic heterocycles. The maximum Gasteiger partial charge on any atom is 0.295 e. The molecule has 0 aliphatic rings. The Morgan fingerprint density at radius 2 is 1.62 bits per heavy atom. The number of phenolic OH excluding ortho intramolecular Hbond substituents is 1. The summed E-state index contributed by atoms with van der Waals surface area (Å²) in [5.41, 5.74) is 0.320. The van der Waals surface area contributed by atoms with Crippen molar-refractivity contribution in [1.82, 2.24) is 0 Å². The summed E-state index contributed by atoms with van der Waals surface area (Å²) >= 11 is 0. The largest absolute Gasteiger partial charge is 0.505 e. The molecule has 0 saturated carbocycles. The van der Waals surface area contributed by atoms with E-state index >= 15 is 0 Å². The van der Waals surface area contributed by atoms with Crippen molar-refractivity contribution in [2.24, 2.45) is 10.2 Å². The van der Waals surface area contributed by atoms with Gasteiger partial charge in [0, 0.05) is 22.9 Å². The molecular weight excluding hydrogens is 362 g/mol. The second kappa shape index (κ2) is 6.50. The van der Waals surface area contributed by atoms with Gasteiger partial charge in [0.2, 0.25) is 0 Å². The molecule has 0 aliphatic heterocycles. The first kappa shape index (κ1) is 17.5. The summed E-state index contributed by atoms with van der Waals surface area (Å²) in [5.74, 6) is -0.307. The van der Waals surface area contributed by atoms with E-state index in [9.17, 15) is 28.2 Å². The summed E-state index contributed by atoms with van der Waals surface area (Å²) in [7, 11) is -4.45. The van der Waals surface area contributed by atoms with Crippen LogP contribution in [0.5, 0.6) is 5.75 Å². The molecule has 0 amide bonds. The number of nitrogens with zero attached hydrogens (tertiary/aromatic N) is 3. The van der Waals surface area contributed by atoms with Crippen LogP contribution in [0.15, 0.2) is 69.7 Å². The van der Waals surface area contributed by atoms with E-state index in [2.05, 4.69) is 10.2 Å². The molecular formula is C16H11N3O6S. The molecule has 26 heavy (non-hydrogen) atoms. The first-order valence-electron chi connectivity index (χ1n) is 7.16. The lowest BCUT2D eigenvalue weighted by Gasteiger charge is -2.07. The van der Waals surface area contributed by atoms with Gasteiger partial charge in [-0.2, -0.15) is 13.5 Å². The number of hydrogen-bond donors (Lipinski definition) is 2. The number of non-ortho nitro benzene ring substituents is 1. The van der Waals surface area contributed by atoms with Crippen LogP contribution in [0, 0.1) is 10.1 Å². The molecule has 0 fully saturated rings. The lowest BCUT2D eigenvalue weighted by molar-refractivity contribution is -0.384. The quantitative estimate of drug-likeness (QED) is 0.305. The van der Waals surface area contributed by atoms with E-state index in [-0.39, 0.29) is 32.8 Å². The fourth-order valence-electron chi connectivity index (χ4n) is 2.36. The zero-order valence-corrected chi connectivity index (χ0v) is 13.8. The SMILES string of the molecule is O=[N+]([O-])c1ccc(N=Nc2ccc3c(S(=O)(=O)O)cccc3c2O)cc1. The highest BCUT2D eigenvalue weighted by molar-refractivity contribution is 7.86. The highest BCUT2D eigenvalue weighted by Crippen LogP contribution is 2.37. The molecule has 0 radical (unpaired) electrons. The van der Waals surface area contributed by atoms with Crippen molar-refractivity contribution in [1.29, 1.82) is 0 Å². The maximum atomic E-state index is 11.4. The molecule has 0 aliphatic carbocycles. The first-order chi connectivity index (χ1) is 12.3. The molecule has 0 heterocycles. The summed E-state index contributed by atoms with van der Waals surface area (Å²) < 4.78 is 32.1. The van der Waals surface area contributed by atoms with Gasteiger partial charge in [0.1, 0.15) is 10.6 Å². The molecule has 10 heteroatoms. The summed E-state index contributed by atoms with van der Waals surface area (Å²) in [6.45, 7) is 0. The van der Waals surface area contributed by atoms with E-state index in [0.29, 0.717) is 5.69 Å². The normalized spacial score (nSPS) is 11.9. The Kier molecular flexibility index (Phi) is 4.36. The Morgan fingerprint density at radius 1 is 0.923 bits per heavy atom. The van der Waals surface area contributed by atoms with Crippen molar-refractivity contribution in [3.8, 4) is 5.75 Å². The van der Waals surface area contributed by atoms with Crippen LogP contribution in [0.25, 0.3) is 10.8 Å². The maximum absolute atomic E-state index is 11.4. The average molecular weight is 373 g/mol. The number of rotatable bonds is 4. The number of nitro benzene ring substituents is 1. The van der Waals surface area contributed by atoms with Gasteiger partial charge in [-0.05, 0) is 24.3 Å². The van der Waals surface area contributed by atoms with E-state index < -0.39 is 15.0 Å². The Hall–Kier alpha value is -3.37. The average Bonchev–Trinajstić information content (AvgIpc) is 2.60. The smallest absolute Gasteiger partial charge is 0.295 e. The van der Waals surface area contributed by atoms with Crippen LogP contribution < -0.4 is 0 Å². The molecule has 3 rings (SSSR count). The van der Waals surface area contributed by atoms with E-state index in [1.807, 2.05) is 0 Å². The predicted octanol–water partition coefficient (Wildman–Crippen LogP) is 4.12. The van der Waals surface area contributed by atoms with Crippen LogP contribution >= 0.6 is 0 Å². The van der Waals surface area contributed by atoms with Crippen LogP contribution in [0.4, 0.5) is 17.1 Å². The standard InChI is InChI=1S/C16H11N3O6S/c20-16-13-2-1-3-15(26(23,24)25)12(13)8-9-14(16)18-17-10-4-6-11(7-5-10)19(21)22/h1-9,20H,(H,23,24,25). The second-order valence-corrected chi connectivity index (χ2v) is 6.62. The number of benzene rings is 3. The van der Waals surface area contributed by atoms with Gasteiger partial charge in [0.15, 0.2) is 5.75 Å². The Bertz CT molecular complexity index is 1140. The third-order valence-corrected chi connectivity index (χ3v) is 4.50. The van der Waals surface area contributed by atoms with Gasteiger partial charge < -0.3 is 5.11 Å². The van der Waals surface area contributed by atoms with E-state index in [1.165, 1.54) is 54.6 Å². The highest BCUT2D eigenvalue weighted by atomic mass is 32.2. The third kappa shape index (κ3) is 3.36. The van der Waals surface area contributed by atoms with Gasteiger partial charge in [-0.25, -0.2) is 0 Å². The minimum Gasteiger partial charge on any atom is -0.505 e. The van der Waals surface area contributed by atoms with Crippen molar-refractivity contribution in [2.75, 3.05) is 0 Å². The van der Waals surface area contributed by atoms with Crippen LogP contribution in [0.1, 0.15) is 0 Å². The van der Waals surface area contributed by atoms with Crippen LogP contribution in [-0.4, -0.2) is 23.0 Å². The number of hydrogen-bond acceptors (Lipinski definition) is 7. The number of azo groups is 1. The predicted molar refractivity (Wildman–Crippen MR) is 92.7 cm³/mol. The summed E-state index contributed by atoms with van der Waals surface area (Å²) in [5, 5.41) is 29.0. The van der Waals surface area contributed by atoms with E-state index in [4.69, 9.17) is 0 Å². The van der Waals surface area contributed by atoms with Gasteiger partial charge in [-0.3, -0.25) is 14.7 Å². The molecule has 0 spiro atoms. The minimum atomic E-state index is -4.45. The van der Waals surface area contributed by atoms with Crippen LogP contribution in [-0.2, 0) is 10.1 Å². The van der Waals surface area contributed by atoms with E-state index in [0.717, 1.165) is 0 Å². The molecule has 3 aromatic carbocycles. The first-order valence-corrected chi connectivity index (χ1v) is 8.60. The van der Waals surface area contributed by atoms with Crippen molar-refractivity contribution in [3.63, 3.8) is 0 Å². The van der Waals surface area contributed by atoms with Gasteiger partial charge >= 0.3 is 0 Å². The zero-order chi connectivity index (χ0) is 18.9. The monoisotopic (exact) mass is 373 g/mol. The summed E-state index contributed by atoms with van der Waals surface area (Å²) in [6.07, 6.45) is 0. The van der Waals surface area contributed by atoms with Gasteiger partial charge in [-0.15, -0.1) is 5.11 Å². The van der Waals surface area contributed by atoms with Crippen LogP contribution in [0.3, 0.4) is 0 Å². The Labute approximate surface area is 147 Å². The van der Waals surface area contributed by atoms with Crippen molar-refractivity contribution in [2.45, 2.75) is 4.90 Å². The van der Waals surface area contributed by atoms with Crippen molar-refractivity contribution >= 4 is 38.0 Å². The molecule has 3 aromatic rings. The molecule has 0 atom stereocenters. The lowest BCUT2D eigenvalue weighted by Crippen LogP contribution is -1.98. The molecule has 132 valence electrons. The fourth-order valence-corrected chi connectivity index (χ4v) is 3.07. The second-order valence-electron chi connectivity index (χ2n) is 5.23. The van der Waals surface area contributed by atoms with Crippen molar-refractivity contribution in [3.05, 3.63) is 64.7 Å². The van der Waals surface area contributed by atoms with Crippen LogP contribution in [0.2, 0.25) is 0 Å². The topological polar surface area (TPSA) is 142 Å². The number of fused-ring (bicyclic) bond motifs is 1. The Morgan fingerprint density at radius 3 is 2.23 bits per heavy atom. The number of aromatic hydroxyl groups is 1. The highest BCUT2D eigenvalue weighted by Gasteiger charge is 2.16. The molecule has 0 saturated heterocycles. The van der Waals surface area contributed by atoms with Gasteiger partial charge in [-0.1, -0.05) is 18.2 Å². The lowest BCUT2D eigenvalue weighted by atomic mass is 10.1. The minimum absolute atomic E-state index is 0.0725. The van der Waals surface area contributed by atoms with Gasteiger partial charge in [0.25, 0.3) is 15.8 Å². The summed E-state index contributed by atoms with van der Waals surface area (Å²) in [6, 6.07) is 12.2. The van der Waals surface area contributed by atoms with E-state index in [1.54, 1.807) is 0 Å². The third-order valence-electron chi connectivity index (χ3n) is 3.58. The Balaban J connectivity index is 2.01. The molecule has 0 bridgehead atoms. The summed E-state index contributed by atoms with van der Waals surface area (Å²) in [4.78, 5) is 9.75. The fraction of sp³-hybridized carbons (Fsp3) is 0. The van der Waals surface area contributed by atoms with Gasteiger partial charge in [0.05, 0.1) is 10.6 Å². The molecule has 9 nitrogen and oxygen atoms in total. The molecule has 2 N–H and O–H groups in total. The number of phenols is 1.